The van der Waals surface area contributed by atoms with E-state index in [1.165, 1.54) is 0 Å². The molecular formula is C16H20N4O. The van der Waals surface area contributed by atoms with Crippen LogP contribution in [0.5, 0.6) is 0 Å². The molecule has 0 atom stereocenters. The van der Waals surface area contributed by atoms with Gasteiger partial charge in [-0.1, -0.05) is 32.0 Å². The average Bonchev–Trinajstić information content (AvgIpc) is 2.37. The zero-order chi connectivity index (χ0) is 15.4. The van der Waals surface area contributed by atoms with E-state index in [2.05, 4.69) is 34.4 Å². The first-order valence-corrected chi connectivity index (χ1v) is 6.95. The monoisotopic (exact) mass is 284 g/mol. The van der Waals surface area contributed by atoms with Crippen molar-refractivity contribution in [2.75, 3.05) is 10.6 Å². The Bertz CT molecular complexity index is 632. The van der Waals surface area contributed by atoms with Crippen molar-refractivity contribution in [3.63, 3.8) is 0 Å². The fraction of sp³-hybridized carbons (Fsp3) is 0.312. The molecule has 0 aliphatic rings. The van der Waals surface area contributed by atoms with Crippen molar-refractivity contribution in [2.24, 2.45) is 0 Å². The maximum absolute atomic E-state index is 12.1. The number of anilines is 2. The summed E-state index contributed by atoms with van der Waals surface area (Å²) in [6, 6.07) is 9.27. The molecule has 0 aliphatic heterocycles. The van der Waals surface area contributed by atoms with Crippen molar-refractivity contribution in [3.8, 4) is 0 Å². The number of para-hydroxylation sites is 1. The van der Waals surface area contributed by atoms with Gasteiger partial charge in [0.1, 0.15) is 0 Å². The van der Waals surface area contributed by atoms with E-state index in [0.29, 0.717) is 11.9 Å². The molecule has 2 rings (SSSR count). The SMILES string of the molecule is Cc1cc(C)nc(NC(=O)Nc2ccccc2C(C)C)n1. The third kappa shape index (κ3) is 4.02. The van der Waals surface area contributed by atoms with E-state index in [4.69, 9.17) is 0 Å². The first-order valence-electron chi connectivity index (χ1n) is 6.95. The summed E-state index contributed by atoms with van der Waals surface area (Å²) in [7, 11) is 0. The van der Waals surface area contributed by atoms with Gasteiger partial charge in [-0.05, 0) is 37.5 Å². The number of rotatable bonds is 3. The van der Waals surface area contributed by atoms with Gasteiger partial charge < -0.3 is 5.32 Å². The van der Waals surface area contributed by atoms with Crippen molar-refractivity contribution in [1.82, 2.24) is 9.97 Å². The summed E-state index contributed by atoms with van der Waals surface area (Å²) in [5.74, 6) is 0.644. The van der Waals surface area contributed by atoms with Gasteiger partial charge in [0, 0.05) is 17.1 Å². The van der Waals surface area contributed by atoms with Crippen LogP contribution in [0, 0.1) is 13.8 Å². The molecule has 1 aromatic carbocycles. The molecule has 1 aromatic heterocycles. The van der Waals surface area contributed by atoms with E-state index in [0.717, 1.165) is 22.6 Å². The molecule has 0 aliphatic carbocycles. The summed E-state index contributed by atoms with van der Waals surface area (Å²) in [5.41, 5.74) is 3.53. The largest absolute Gasteiger partial charge is 0.326 e. The lowest BCUT2D eigenvalue weighted by Gasteiger charge is -2.14. The molecule has 5 heteroatoms. The van der Waals surface area contributed by atoms with E-state index in [1.54, 1.807) is 0 Å². The minimum Gasteiger partial charge on any atom is -0.307 e. The topological polar surface area (TPSA) is 66.9 Å². The molecule has 0 fully saturated rings. The number of urea groups is 1. The Kier molecular flexibility index (Phi) is 4.52. The van der Waals surface area contributed by atoms with Crippen LogP contribution < -0.4 is 10.6 Å². The molecule has 0 unspecified atom stereocenters. The third-order valence-corrected chi connectivity index (χ3v) is 3.04. The van der Waals surface area contributed by atoms with Crippen molar-refractivity contribution < 1.29 is 4.79 Å². The second-order valence-corrected chi connectivity index (χ2v) is 5.30. The van der Waals surface area contributed by atoms with E-state index < -0.39 is 0 Å². The second kappa shape index (κ2) is 6.35. The number of aryl methyl sites for hydroxylation is 2. The Morgan fingerprint density at radius 2 is 1.67 bits per heavy atom. The predicted octanol–water partition coefficient (Wildman–Crippen LogP) is 3.86. The fourth-order valence-corrected chi connectivity index (χ4v) is 2.15. The standard InChI is InChI=1S/C16H20N4O/c1-10(2)13-7-5-6-8-14(13)19-16(21)20-15-17-11(3)9-12(4)18-15/h5-10H,1-4H3,(H2,17,18,19,20,21). The van der Waals surface area contributed by atoms with Gasteiger partial charge in [-0.3, -0.25) is 5.32 Å². The Morgan fingerprint density at radius 3 is 2.29 bits per heavy atom. The molecule has 0 spiro atoms. The molecule has 110 valence electrons. The number of carbonyl (C=O) groups is 1. The number of nitrogens with one attached hydrogen (secondary N) is 2. The van der Waals surface area contributed by atoms with E-state index in [-0.39, 0.29) is 6.03 Å². The third-order valence-electron chi connectivity index (χ3n) is 3.04. The minimum atomic E-state index is -0.340. The normalized spacial score (nSPS) is 10.5. The summed E-state index contributed by atoms with van der Waals surface area (Å²) >= 11 is 0. The Hall–Kier alpha value is -2.43. The van der Waals surface area contributed by atoms with Crippen LogP contribution in [-0.4, -0.2) is 16.0 Å². The van der Waals surface area contributed by atoms with Gasteiger partial charge in [0.25, 0.3) is 0 Å². The Morgan fingerprint density at radius 1 is 1.05 bits per heavy atom. The number of carbonyl (C=O) groups excluding carboxylic acids is 1. The van der Waals surface area contributed by atoms with Gasteiger partial charge in [-0.2, -0.15) is 0 Å². The van der Waals surface area contributed by atoms with Crippen LogP contribution in [0.1, 0.15) is 36.7 Å². The first-order chi connectivity index (χ1) is 9.95. The summed E-state index contributed by atoms with van der Waals surface area (Å²) < 4.78 is 0. The average molecular weight is 284 g/mol. The molecule has 5 nitrogen and oxygen atoms in total. The van der Waals surface area contributed by atoms with E-state index in [9.17, 15) is 4.79 Å². The molecule has 2 aromatic rings. The molecule has 1 heterocycles. The van der Waals surface area contributed by atoms with Crippen molar-refractivity contribution in [1.29, 1.82) is 0 Å². The lowest BCUT2D eigenvalue weighted by Crippen LogP contribution is -2.22. The van der Waals surface area contributed by atoms with Crippen LogP contribution in [0.15, 0.2) is 30.3 Å². The van der Waals surface area contributed by atoms with E-state index in [1.807, 2.05) is 44.2 Å². The van der Waals surface area contributed by atoms with Crippen LogP contribution >= 0.6 is 0 Å². The molecule has 2 N–H and O–H groups in total. The van der Waals surface area contributed by atoms with Crippen LogP contribution in [0.2, 0.25) is 0 Å². The lowest BCUT2D eigenvalue weighted by atomic mass is 10.0. The van der Waals surface area contributed by atoms with Crippen LogP contribution in [0.25, 0.3) is 0 Å². The highest BCUT2D eigenvalue weighted by Gasteiger charge is 2.10. The number of nitrogens with zero attached hydrogens (tertiary/aromatic N) is 2. The highest BCUT2D eigenvalue weighted by Crippen LogP contribution is 2.23. The molecule has 0 saturated heterocycles. The van der Waals surface area contributed by atoms with Gasteiger partial charge in [-0.15, -0.1) is 0 Å². The summed E-state index contributed by atoms with van der Waals surface area (Å²) in [4.78, 5) is 20.5. The molecule has 21 heavy (non-hydrogen) atoms. The first kappa shape index (κ1) is 15.0. The van der Waals surface area contributed by atoms with Crippen molar-refractivity contribution in [2.45, 2.75) is 33.6 Å². The number of amides is 2. The Balaban J connectivity index is 2.12. The van der Waals surface area contributed by atoms with Crippen molar-refractivity contribution in [3.05, 3.63) is 47.3 Å². The summed E-state index contributed by atoms with van der Waals surface area (Å²) in [5, 5.41) is 5.52. The van der Waals surface area contributed by atoms with Crippen molar-refractivity contribution >= 4 is 17.7 Å². The number of hydrogen-bond acceptors (Lipinski definition) is 3. The highest BCUT2D eigenvalue weighted by atomic mass is 16.2. The van der Waals surface area contributed by atoms with Gasteiger partial charge >= 0.3 is 6.03 Å². The van der Waals surface area contributed by atoms with Gasteiger partial charge in [-0.25, -0.2) is 14.8 Å². The van der Waals surface area contributed by atoms with Gasteiger partial charge in [0.05, 0.1) is 0 Å². The summed E-state index contributed by atoms with van der Waals surface area (Å²) in [6.45, 7) is 7.91. The zero-order valence-corrected chi connectivity index (χ0v) is 12.8. The minimum absolute atomic E-state index is 0.312. The zero-order valence-electron chi connectivity index (χ0n) is 12.8. The maximum Gasteiger partial charge on any atom is 0.326 e. The molecular weight excluding hydrogens is 264 g/mol. The number of benzene rings is 1. The number of hydrogen-bond donors (Lipinski definition) is 2. The predicted molar refractivity (Wildman–Crippen MR) is 84.7 cm³/mol. The molecule has 2 amide bonds. The second-order valence-electron chi connectivity index (χ2n) is 5.30. The molecule has 0 saturated carbocycles. The molecule has 0 radical (unpaired) electrons. The Labute approximate surface area is 124 Å². The van der Waals surface area contributed by atoms with E-state index >= 15 is 0 Å². The van der Waals surface area contributed by atoms with Crippen LogP contribution in [0.3, 0.4) is 0 Å². The lowest BCUT2D eigenvalue weighted by molar-refractivity contribution is 0.262. The van der Waals surface area contributed by atoms with Gasteiger partial charge in [0.15, 0.2) is 0 Å². The fourth-order valence-electron chi connectivity index (χ4n) is 2.15. The highest BCUT2D eigenvalue weighted by molar-refractivity contribution is 5.99. The maximum atomic E-state index is 12.1. The number of aromatic nitrogens is 2. The summed E-state index contributed by atoms with van der Waals surface area (Å²) in [6.07, 6.45) is 0. The quantitative estimate of drug-likeness (QED) is 0.899. The smallest absolute Gasteiger partial charge is 0.307 e. The van der Waals surface area contributed by atoms with Crippen LogP contribution in [0.4, 0.5) is 16.4 Å². The van der Waals surface area contributed by atoms with Gasteiger partial charge in [0.2, 0.25) is 5.95 Å². The van der Waals surface area contributed by atoms with Crippen LogP contribution in [-0.2, 0) is 0 Å². The molecule has 0 bridgehead atoms.